The van der Waals surface area contributed by atoms with Gasteiger partial charge in [0.15, 0.2) is 0 Å². The Balaban J connectivity index is 1.65. The van der Waals surface area contributed by atoms with Crippen molar-refractivity contribution in [2.75, 3.05) is 39.8 Å². The summed E-state index contributed by atoms with van der Waals surface area (Å²) in [4.78, 5) is 0. The van der Waals surface area contributed by atoms with E-state index in [9.17, 15) is 0 Å². The van der Waals surface area contributed by atoms with Gasteiger partial charge in [0.25, 0.3) is 0 Å². The number of nitrogens with zero attached hydrogens (tertiary/aromatic N) is 2. The summed E-state index contributed by atoms with van der Waals surface area (Å²) in [6.07, 6.45) is 9.67. The average Bonchev–Trinajstić information content (AvgIpc) is 2.87. The second-order valence-corrected chi connectivity index (χ2v) is 8.18. The Hall–Kier alpha value is -0.200. The molecule has 0 amide bonds. The number of piperidine rings is 1. The minimum atomic E-state index is 0.304. The molecular formula is C17H34N5+. The summed E-state index contributed by atoms with van der Waals surface area (Å²) in [5.74, 6) is 0.826. The zero-order valence-electron chi connectivity index (χ0n) is 14.2. The molecule has 0 aromatic rings. The van der Waals surface area contributed by atoms with Gasteiger partial charge in [0.1, 0.15) is 13.1 Å². The largest absolute Gasteiger partial charge is 0.326 e. The van der Waals surface area contributed by atoms with Crippen LogP contribution in [0.4, 0.5) is 0 Å². The molecule has 0 aromatic carbocycles. The maximum Gasteiger partial charge on any atom is 0.121 e. The second kappa shape index (κ2) is 5.71. The second-order valence-electron chi connectivity index (χ2n) is 8.18. The normalized spacial score (nSPS) is 43.4. The summed E-state index contributed by atoms with van der Waals surface area (Å²) in [7, 11) is 2.35. The van der Waals surface area contributed by atoms with Gasteiger partial charge in [0.2, 0.25) is 0 Å². The number of rotatable bonds is 2. The molecule has 0 bridgehead atoms. The van der Waals surface area contributed by atoms with E-state index in [1.807, 2.05) is 0 Å². The lowest BCUT2D eigenvalue weighted by Gasteiger charge is -2.55. The highest BCUT2D eigenvalue weighted by Gasteiger charge is 2.60. The molecule has 4 aliphatic rings. The summed E-state index contributed by atoms with van der Waals surface area (Å²) in [6.45, 7) is 5.80. The molecule has 3 unspecified atom stereocenters. The Kier molecular flexibility index (Phi) is 3.98. The Morgan fingerprint density at radius 3 is 2.45 bits per heavy atom. The molecule has 3 heterocycles. The number of likely N-dealkylation sites (N-methyl/N-ethyl adjacent to an activating group) is 1. The van der Waals surface area contributed by atoms with Crippen molar-refractivity contribution in [3.05, 3.63) is 0 Å². The molecule has 3 saturated heterocycles. The number of hydrogen-bond donors (Lipinski definition) is 3. The van der Waals surface area contributed by atoms with E-state index >= 15 is 0 Å². The fourth-order valence-electron chi connectivity index (χ4n) is 6.01. The van der Waals surface area contributed by atoms with Crippen LogP contribution >= 0.6 is 0 Å². The average molecular weight is 308 g/mol. The van der Waals surface area contributed by atoms with Gasteiger partial charge in [0.05, 0.1) is 19.0 Å². The highest BCUT2D eigenvalue weighted by Crippen LogP contribution is 2.50. The third-order valence-electron chi connectivity index (χ3n) is 7.46. The van der Waals surface area contributed by atoms with Crippen LogP contribution in [-0.2, 0) is 0 Å². The van der Waals surface area contributed by atoms with E-state index in [0.29, 0.717) is 17.5 Å². The van der Waals surface area contributed by atoms with Gasteiger partial charge < -0.3 is 11.1 Å². The topological polar surface area (TPSA) is 53.3 Å². The molecule has 4 rings (SSSR count). The van der Waals surface area contributed by atoms with Crippen LogP contribution in [0.15, 0.2) is 0 Å². The lowest BCUT2D eigenvalue weighted by Crippen LogP contribution is -2.71. The quantitative estimate of drug-likeness (QED) is 0.662. The number of quaternary nitrogens is 1. The minimum absolute atomic E-state index is 0.304. The van der Waals surface area contributed by atoms with Gasteiger partial charge in [-0.3, -0.25) is 0 Å². The Labute approximate surface area is 135 Å². The highest BCUT2D eigenvalue weighted by molar-refractivity contribution is 5.07. The fourth-order valence-corrected chi connectivity index (χ4v) is 6.01. The smallest absolute Gasteiger partial charge is 0.121 e. The summed E-state index contributed by atoms with van der Waals surface area (Å²) in [6, 6.07) is 0.908. The number of hydrogen-bond acceptors (Lipinski definition) is 4. The zero-order chi connectivity index (χ0) is 15.2. The van der Waals surface area contributed by atoms with Gasteiger partial charge in [-0.1, -0.05) is 19.3 Å². The third kappa shape index (κ3) is 2.09. The monoisotopic (exact) mass is 308 g/mol. The van der Waals surface area contributed by atoms with E-state index in [-0.39, 0.29) is 0 Å². The van der Waals surface area contributed by atoms with Gasteiger partial charge in [-0.25, -0.2) is 0 Å². The fraction of sp³-hybridized carbons (Fsp3) is 1.00. The van der Waals surface area contributed by atoms with Crippen LogP contribution in [0, 0.1) is 11.3 Å². The summed E-state index contributed by atoms with van der Waals surface area (Å²) in [5.41, 5.74) is 11.0. The molecule has 126 valence electrons. The zero-order valence-corrected chi connectivity index (χ0v) is 14.2. The highest BCUT2D eigenvalue weighted by atomic mass is 16.0. The summed E-state index contributed by atoms with van der Waals surface area (Å²) < 4.78 is 1.03. The van der Waals surface area contributed by atoms with E-state index in [2.05, 4.69) is 22.8 Å². The van der Waals surface area contributed by atoms with Crippen molar-refractivity contribution in [1.29, 1.82) is 0 Å². The molecule has 0 radical (unpaired) electrons. The molecule has 5 nitrogen and oxygen atoms in total. The standard InChI is InChI=1S/C17H34N5/c1-21-16(13-20-22(21)10-5-11-22)17(8-9-19-12-15(17)18)14-6-3-2-4-7-14/h14-16,19-20H,2-13,18H2,1H3/q+1. The Bertz CT molecular complexity index is 404. The van der Waals surface area contributed by atoms with E-state index < -0.39 is 0 Å². The Morgan fingerprint density at radius 1 is 1.09 bits per heavy atom. The predicted molar refractivity (Wildman–Crippen MR) is 88.6 cm³/mol. The van der Waals surface area contributed by atoms with Crippen molar-refractivity contribution in [2.24, 2.45) is 17.1 Å². The SMILES string of the molecule is CN1C(C2(C3CCCCC3)CCNCC2N)CN[N+]12CCC2. The van der Waals surface area contributed by atoms with E-state index in [1.165, 1.54) is 58.0 Å². The van der Waals surface area contributed by atoms with E-state index in [0.717, 1.165) is 30.3 Å². The first-order valence-corrected chi connectivity index (χ1v) is 9.51. The van der Waals surface area contributed by atoms with Gasteiger partial charge in [-0.15, -0.1) is 10.4 Å². The molecule has 0 aromatic heterocycles. The summed E-state index contributed by atoms with van der Waals surface area (Å²) in [5, 5.41) is 6.20. The van der Waals surface area contributed by atoms with Crippen LogP contribution < -0.4 is 16.5 Å². The molecule has 4 N–H and O–H groups in total. The van der Waals surface area contributed by atoms with E-state index in [4.69, 9.17) is 5.73 Å². The van der Waals surface area contributed by atoms with Crippen LogP contribution in [0.3, 0.4) is 0 Å². The third-order valence-corrected chi connectivity index (χ3v) is 7.46. The van der Waals surface area contributed by atoms with Crippen molar-refractivity contribution in [2.45, 2.75) is 57.0 Å². The van der Waals surface area contributed by atoms with Crippen molar-refractivity contribution >= 4 is 0 Å². The maximum absolute atomic E-state index is 6.81. The van der Waals surface area contributed by atoms with Crippen molar-refractivity contribution in [3.8, 4) is 0 Å². The first-order valence-electron chi connectivity index (χ1n) is 9.51. The maximum atomic E-state index is 6.81. The van der Waals surface area contributed by atoms with Gasteiger partial charge in [-0.2, -0.15) is 4.70 Å². The first kappa shape index (κ1) is 15.3. The number of nitrogens with one attached hydrogen (secondary N) is 2. The van der Waals surface area contributed by atoms with Crippen LogP contribution in [0.5, 0.6) is 0 Å². The molecule has 3 aliphatic heterocycles. The lowest BCUT2D eigenvalue weighted by molar-refractivity contribution is -1.09. The van der Waals surface area contributed by atoms with Gasteiger partial charge in [-0.05, 0) is 31.7 Å². The van der Waals surface area contributed by atoms with Crippen LogP contribution in [0.25, 0.3) is 0 Å². The predicted octanol–water partition coefficient (Wildman–Crippen LogP) is 0.828. The molecule has 22 heavy (non-hydrogen) atoms. The summed E-state index contributed by atoms with van der Waals surface area (Å²) >= 11 is 0. The Morgan fingerprint density at radius 2 is 1.86 bits per heavy atom. The van der Waals surface area contributed by atoms with Gasteiger partial charge >= 0.3 is 0 Å². The van der Waals surface area contributed by atoms with Crippen molar-refractivity contribution in [3.63, 3.8) is 0 Å². The van der Waals surface area contributed by atoms with Crippen LogP contribution in [-0.4, -0.2) is 61.6 Å². The van der Waals surface area contributed by atoms with Gasteiger partial charge in [0, 0.05) is 25.0 Å². The van der Waals surface area contributed by atoms with Crippen molar-refractivity contribution < 1.29 is 4.70 Å². The lowest BCUT2D eigenvalue weighted by atomic mass is 9.58. The van der Waals surface area contributed by atoms with Crippen LogP contribution in [0.2, 0.25) is 0 Å². The molecular weight excluding hydrogens is 274 g/mol. The number of nitrogens with two attached hydrogens (primary N) is 1. The molecule has 1 spiro atoms. The van der Waals surface area contributed by atoms with E-state index in [1.54, 1.807) is 0 Å². The first-order chi connectivity index (χ1) is 10.7. The molecule has 5 heteroatoms. The molecule has 1 aliphatic carbocycles. The molecule has 3 atom stereocenters. The molecule has 4 fully saturated rings. The molecule has 1 saturated carbocycles. The minimum Gasteiger partial charge on any atom is -0.326 e. The van der Waals surface area contributed by atoms with Crippen LogP contribution in [0.1, 0.15) is 44.9 Å². The van der Waals surface area contributed by atoms with Crippen molar-refractivity contribution in [1.82, 2.24) is 15.8 Å².